The Hall–Kier alpha value is -2.38. The third kappa shape index (κ3) is 4.30. The molecule has 1 aromatic rings. The molecular weight excluding hydrogens is 284 g/mol. The summed E-state index contributed by atoms with van der Waals surface area (Å²) in [4.78, 5) is 14.3. The molecule has 0 saturated heterocycles. The molecule has 0 aliphatic heterocycles. The molecule has 0 aliphatic rings. The van der Waals surface area contributed by atoms with Crippen molar-refractivity contribution in [2.45, 2.75) is 19.1 Å². The molecule has 0 spiro atoms. The second-order valence-electron chi connectivity index (χ2n) is 4.25. The molecule has 3 N–H and O–H groups in total. The highest BCUT2D eigenvalue weighted by molar-refractivity contribution is 5.86. The Bertz CT molecular complexity index is 548. The van der Waals surface area contributed by atoms with Gasteiger partial charge in [-0.15, -0.1) is 0 Å². The number of rotatable bonds is 8. The lowest BCUT2D eigenvalue weighted by atomic mass is 9.90. The summed E-state index contributed by atoms with van der Waals surface area (Å²) in [7, 11) is 0. The number of benzene rings is 1. The summed E-state index contributed by atoms with van der Waals surface area (Å²) in [5.41, 5.74) is 12.3. The number of azide groups is 1. The molecule has 0 radical (unpaired) electrons. The minimum absolute atomic E-state index is 0.0806. The van der Waals surface area contributed by atoms with E-state index in [1.165, 1.54) is 25.1 Å². The van der Waals surface area contributed by atoms with Crippen molar-refractivity contribution < 1.29 is 18.3 Å². The van der Waals surface area contributed by atoms with Gasteiger partial charge in [0, 0.05) is 23.6 Å². The summed E-state index contributed by atoms with van der Waals surface area (Å²) in [6.45, 7) is -1.35. The number of nitrogens with zero attached hydrogens (tertiary/aromatic N) is 3. The molecule has 9 heteroatoms. The van der Waals surface area contributed by atoms with E-state index >= 15 is 0 Å². The van der Waals surface area contributed by atoms with Crippen LogP contribution in [0.4, 0.5) is 8.78 Å². The largest absolute Gasteiger partial charge is 0.434 e. The molecule has 1 atom stereocenters. The maximum Gasteiger partial charge on any atom is 0.387 e. The Labute approximate surface area is 119 Å². The molecule has 1 unspecified atom stereocenters. The van der Waals surface area contributed by atoms with Gasteiger partial charge in [0.25, 0.3) is 0 Å². The second-order valence-corrected chi connectivity index (χ2v) is 4.25. The first-order chi connectivity index (χ1) is 9.91. The van der Waals surface area contributed by atoms with Crippen molar-refractivity contribution in [3.05, 3.63) is 40.3 Å². The topological polar surface area (TPSA) is 113 Å². The number of hydrogen-bond acceptors (Lipinski definition) is 4. The maximum absolute atomic E-state index is 12.4. The van der Waals surface area contributed by atoms with Gasteiger partial charge < -0.3 is 10.5 Å². The smallest absolute Gasteiger partial charge is 0.387 e. The van der Waals surface area contributed by atoms with E-state index in [0.717, 1.165) is 0 Å². The molecule has 0 aliphatic carbocycles. The second kappa shape index (κ2) is 7.41. The molecule has 0 fully saturated rings. The normalized spacial score (nSPS) is 13.3. The molecule has 0 bridgehead atoms. The third-order valence-electron chi connectivity index (χ3n) is 2.89. The standard InChI is InChI=1S/C12H15F2N5O2/c1-12(10(15)20,17-6-7-18-19-16)8-4-2-3-5-9(8)21-11(13)14/h2-5,11,17H,6-7H2,1H3,(H2,15,20). The molecule has 21 heavy (non-hydrogen) atoms. The molecule has 7 nitrogen and oxygen atoms in total. The zero-order chi connectivity index (χ0) is 15.9. The predicted molar refractivity (Wildman–Crippen MR) is 71.6 cm³/mol. The minimum Gasteiger partial charge on any atom is -0.434 e. The number of carbonyl (C=O) groups excluding carboxylic acids is 1. The van der Waals surface area contributed by atoms with E-state index in [0.29, 0.717) is 0 Å². The van der Waals surface area contributed by atoms with Gasteiger partial charge in [0.05, 0.1) is 0 Å². The van der Waals surface area contributed by atoms with Crippen molar-refractivity contribution in [2.24, 2.45) is 10.8 Å². The van der Waals surface area contributed by atoms with Crippen molar-refractivity contribution in [1.29, 1.82) is 0 Å². The van der Waals surface area contributed by atoms with Crippen LogP contribution in [0.15, 0.2) is 29.4 Å². The zero-order valence-corrected chi connectivity index (χ0v) is 11.3. The average molecular weight is 299 g/mol. The molecule has 1 amide bonds. The summed E-state index contributed by atoms with van der Waals surface area (Å²) in [5, 5.41) is 6.11. The van der Waals surface area contributed by atoms with Gasteiger partial charge in [-0.3, -0.25) is 10.1 Å². The van der Waals surface area contributed by atoms with E-state index in [2.05, 4.69) is 20.1 Å². The van der Waals surface area contributed by atoms with Crippen LogP contribution in [0.1, 0.15) is 12.5 Å². The van der Waals surface area contributed by atoms with Crippen molar-refractivity contribution in [2.75, 3.05) is 13.1 Å². The molecule has 1 aromatic carbocycles. The van der Waals surface area contributed by atoms with Gasteiger partial charge in [0.1, 0.15) is 11.3 Å². The van der Waals surface area contributed by atoms with E-state index in [1.807, 2.05) is 0 Å². The lowest BCUT2D eigenvalue weighted by Crippen LogP contribution is -2.51. The number of primary amides is 1. The number of ether oxygens (including phenoxy) is 1. The molecular formula is C12H15F2N5O2. The molecule has 0 saturated carbocycles. The van der Waals surface area contributed by atoms with Crippen molar-refractivity contribution in [1.82, 2.24) is 5.32 Å². The van der Waals surface area contributed by atoms with Crippen LogP contribution in [0.3, 0.4) is 0 Å². The van der Waals surface area contributed by atoms with E-state index in [-0.39, 0.29) is 24.4 Å². The monoisotopic (exact) mass is 299 g/mol. The van der Waals surface area contributed by atoms with Gasteiger partial charge >= 0.3 is 6.61 Å². The van der Waals surface area contributed by atoms with Crippen LogP contribution in [0.5, 0.6) is 5.75 Å². The van der Waals surface area contributed by atoms with Gasteiger partial charge in [-0.1, -0.05) is 23.3 Å². The van der Waals surface area contributed by atoms with Crippen LogP contribution in [0, 0.1) is 0 Å². The number of halogens is 2. The van der Waals surface area contributed by atoms with E-state index in [1.54, 1.807) is 6.07 Å². The van der Waals surface area contributed by atoms with Crippen LogP contribution in [-0.2, 0) is 10.3 Å². The van der Waals surface area contributed by atoms with Crippen LogP contribution >= 0.6 is 0 Å². The van der Waals surface area contributed by atoms with Gasteiger partial charge in [0.2, 0.25) is 5.91 Å². The highest BCUT2D eigenvalue weighted by atomic mass is 19.3. The number of nitrogens with one attached hydrogen (secondary N) is 1. The van der Waals surface area contributed by atoms with Gasteiger partial charge in [-0.25, -0.2) is 0 Å². The molecule has 0 heterocycles. The Balaban J connectivity index is 3.09. The third-order valence-corrected chi connectivity index (χ3v) is 2.89. The Morgan fingerprint density at radius 2 is 2.24 bits per heavy atom. The molecule has 114 valence electrons. The van der Waals surface area contributed by atoms with E-state index < -0.39 is 18.1 Å². The quantitative estimate of drug-likeness (QED) is 0.330. The maximum atomic E-state index is 12.4. The predicted octanol–water partition coefficient (Wildman–Crippen LogP) is 1.89. The SMILES string of the molecule is CC(NCCN=[N+]=[N-])(C(N)=O)c1ccccc1OC(F)F. The van der Waals surface area contributed by atoms with Crippen LogP contribution in [0.2, 0.25) is 0 Å². The summed E-state index contributed by atoms with van der Waals surface area (Å²) < 4.78 is 29.3. The number of hydrogen-bond donors (Lipinski definition) is 2. The number of para-hydroxylation sites is 1. The lowest BCUT2D eigenvalue weighted by molar-refractivity contribution is -0.124. The fourth-order valence-corrected chi connectivity index (χ4v) is 1.79. The first-order valence-corrected chi connectivity index (χ1v) is 6.02. The number of nitrogens with two attached hydrogens (primary N) is 1. The van der Waals surface area contributed by atoms with Crippen LogP contribution in [0.25, 0.3) is 10.4 Å². The van der Waals surface area contributed by atoms with E-state index in [9.17, 15) is 13.6 Å². The van der Waals surface area contributed by atoms with Crippen LogP contribution < -0.4 is 15.8 Å². The number of alkyl halides is 2. The Kier molecular flexibility index (Phi) is 5.89. The minimum atomic E-state index is -3.02. The summed E-state index contributed by atoms with van der Waals surface area (Å²) in [5.74, 6) is -0.918. The first-order valence-electron chi connectivity index (χ1n) is 6.02. The van der Waals surface area contributed by atoms with Crippen molar-refractivity contribution in [3.8, 4) is 5.75 Å². The average Bonchev–Trinajstić information content (AvgIpc) is 2.43. The fourth-order valence-electron chi connectivity index (χ4n) is 1.79. The Morgan fingerprint density at radius 1 is 1.57 bits per heavy atom. The zero-order valence-electron chi connectivity index (χ0n) is 11.3. The van der Waals surface area contributed by atoms with Gasteiger partial charge in [0.15, 0.2) is 0 Å². The van der Waals surface area contributed by atoms with Crippen LogP contribution in [-0.4, -0.2) is 25.6 Å². The number of carbonyl (C=O) groups is 1. The van der Waals surface area contributed by atoms with Crippen molar-refractivity contribution in [3.63, 3.8) is 0 Å². The highest BCUT2D eigenvalue weighted by Gasteiger charge is 2.35. The summed E-state index contributed by atoms with van der Waals surface area (Å²) in [6.07, 6.45) is 0. The van der Waals surface area contributed by atoms with Crippen molar-refractivity contribution >= 4 is 5.91 Å². The molecule has 1 rings (SSSR count). The first kappa shape index (κ1) is 16.7. The molecule has 0 aromatic heterocycles. The fraction of sp³-hybridized carbons (Fsp3) is 0.417. The summed E-state index contributed by atoms with van der Waals surface area (Å²) >= 11 is 0. The van der Waals surface area contributed by atoms with E-state index in [4.69, 9.17) is 11.3 Å². The lowest BCUT2D eigenvalue weighted by Gasteiger charge is -2.29. The van der Waals surface area contributed by atoms with Gasteiger partial charge in [-0.2, -0.15) is 8.78 Å². The summed E-state index contributed by atoms with van der Waals surface area (Å²) in [6, 6.07) is 5.85. The Morgan fingerprint density at radius 3 is 2.81 bits per heavy atom. The highest BCUT2D eigenvalue weighted by Crippen LogP contribution is 2.30. The number of amides is 1. The van der Waals surface area contributed by atoms with Gasteiger partial charge in [-0.05, 0) is 18.5 Å².